The average molecular weight is 271 g/mol. The summed E-state index contributed by atoms with van der Waals surface area (Å²) in [6.07, 6.45) is 6.04. The largest absolute Gasteiger partial charge is 0.290 e. The average Bonchev–Trinajstić information content (AvgIpc) is 2.17. The van der Waals surface area contributed by atoms with Crippen molar-refractivity contribution in [2.45, 2.75) is 13.3 Å². The van der Waals surface area contributed by atoms with Gasteiger partial charge in [0.2, 0.25) is 0 Å². The lowest BCUT2D eigenvalue weighted by Gasteiger charge is -1.97. The molecule has 0 fully saturated rings. The van der Waals surface area contributed by atoms with Gasteiger partial charge in [-0.2, -0.15) is 0 Å². The summed E-state index contributed by atoms with van der Waals surface area (Å²) in [5.74, 6) is 0. The van der Waals surface area contributed by atoms with Crippen LogP contribution in [0.15, 0.2) is 18.3 Å². The molecule has 0 radical (unpaired) electrons. The standard InChI is InChI=1S/C10H11BrN2O2/c1-8-6-9(4-2-3-5-11)12-7-10(8)13(14)15/h2,4,6-7H,3,5H2,1H3. The first-order chi connectivity index (χ1) is 7.15. The zero-order valence-corrected chi connectivity index (χ0v) is 9.90. The Hall–Kier alpha value is -1.23. The molecule has 0 atom stereocenters. The molecule has 0 saturated carbocycles. The van der Waals surface area contributed by atoms with Gasteiger partial charge in [-0.1, -0.05) is 22.0 Å². The lowest BCUT2D eigenvalue weighted by Crippen LogP contribution is -1.93. The topological polar surface area (TPSA) is 56.0 Å². The Morgan fingerprint density at radius 2 is 2.40 bits per heavy atom. The highest BCUT2D eigenvalue weighted by molar-refractivity contribution is 9.09. The van der Waals surface area contributed by atoms with Crippen molar-refractivity contribution in [3.05, 3.63) is 39.7 Å². The van der Waals surface area contributed by atoms with E-state index in [-0.39, 0.29) is 5.69 Å². The molecule has 0 aliphatic rings. The molecule has 0 unspecified atom stereocenters. The van der Waals surface area contributed by atoms with Gasteiger partial charge in [-0.15, -0.1) is 0 Å². The zero-order chi connectivity index (χ0) is 11.3. The Labute approximate surface area is 96.3 Å². The SMILES string of the molecule is Cc1cc(C=CCCBr)ncc1[N+](=O)[O-]. The molecule has 0 saturated heterocycles. The van der Waals surface area contributed by atoms with Crippen LogP contribution >= 0.6 is 15.9 Å². The predicted molar refractivity (Wildman–Crippen MR) is 63.1 cm³/mol. The molecule has 1 rings (SSSR count). The van der Waals surface area contributed by atoms with E-state index in [0.717, 1.165) is 17.4 Å². The van der Waals surface area contributed by atoms with Crippen LogP contribution in [0.3, 0.4) is 0 Å². The van der Waals surface area contributed by atoms with Crippen molar-refractivity contribution in [1.29, 1.82) is 0 Å². The minimum atomic E-state index is -0.422. The number of nitrogens with zero attached hydrogens (tertiary/aromatic N) is 2. The molecule has 1 aromatic heterocycles. The zero-order valence-electron chi connectivity index (χ0n) is 8.31. The molecule has 1 heterocycles. The van der Waals surface area contributed by atoms with Crippen molar-refractivity contribution >= 4 is 27.7 Å². The van der Waals surface area contributed by atoms with Gasteiger partial charge in [-0.3, -0.25) is 10.1 Å². The number of pyridine rings is 1. The first kappa shape index (κ1) is 11.8. The van der Waals surface area contributed by atoms with Crippen LogP contribution in [0.25, 0.3) is 6.08 Å². The summed E-state index contributed by atoms with van der Waals surface area (Å²) in [5, 5.41) is 11.4. The number of aromatic nitrogens is 1. The molecule has 0 amide bonds. The number of nitro groups is 1. The highest BCUT2D eigenvalue weighted by atomic mass is 79.9. The van der Waals surface area contributed by atoms with E-state index < -0.39 is 4.92 Å². The second-order valence-electron chi connectivity index (χ2n) is 3.03. The maximum atomic E-state index is 10.5. The number of halogens is 1. The van der Waals surface area contributed by atoms with Crippen molar-refractivity contribution < 1.29 is 4.92 Å². The van der Waals surface area contributed by atoms with E-state index in [1.54, 1.807) is 13.0 Å². The van der Waals surface area contributed by atoms with Crippen molar-refractivity contribution in [3.8, 4) is 0 Å². The van der Waals surface area contributed by atoms with Crippen LogP contribution in [0.5, 0.6) is 0 Å². The van der Waals surface area contributed by atoms with Crippen molar-refractivity contribution in [2.75, 3.05) is 5.33 Å². The van der Waals surface area contributed by atoms with Crippen LogP contribution < -0.4 is 0 Å². The molecule has 15 heavy (non-hydrogen) atoms. The van der Waals surface area contributed by atoms with Gasteiger partial charge in [0.25, 0.3) is 5.69 Å². The third-order valence-electron chi connectivity index (χ3n) is 1.87. The minimum Gasteiger partial charge on any atom is -0.258 e. The van der Waals surface area contributed by atoms with Crippen LogP contribution in [0, 0.1) is 17.0 Å². The van der Waals surface area contributed by atoms with Crippen LogP contribution in [0.2, 0.25) is 0 Å². The first-order valence-corrected chi connectivity index (χ1v) is 5.61. The molecule has 4 nitrogen and oxygen atoms in total. The van der Waals surface area contributed by atoms with Crippen LogP contribution in [-0.2, 0) is 0 Å². The third-order valence-corrected chi connectivity index (χ3v) is 2.32. The number of rotatable bonds is 4. The fraction of sp³-hybridized carbons (Fsp3) is 0.300. The number of hydrogen-bond acceptors (Lipinski definition) is 3. The minimum absolute atomic E-state index is 0.0626. The van der Waals surface area contributed by atoms with Gasteiger partial charge < -0.3 is 0 Å². The molecule has 5 heteroatoms. The summed E-state index contributed by atoms with van der Waals surface area (Å²) < 4.78 is 0. The smallest absolute Gasteiger partial charge is 0.258 e. The normalized spacial score (nSPS) is 10.8. The number of allylic oxidation sites excluding steroid dienone is 1. The van der Waals surface area contributed by atoms with E-state index in [0.29, 0.717) is 5.56 Å². The number of hydrogen-bond donors (Lipinski definition) is 0. The molecule has 0 aromatic carbocycles. The molecule has 0 N–H and O–H groups in total. The van der Waals surface area contributed by atoms with Gasteiger partial charge in [0, 0.05) is 10.9 Å². The van der Waals surface area contributed by atoms with Gasteiger partial charge in [0.1, 0.15) is 6.20 Å². The van der Waals surface area contributed by atoms with Crippen molar-refractivity contribution in [1.82, 2.24) is 4.98 Å². The van der Waals surface area contributed by atoms with E-state index in [1.807, 2.05) is 12.2 Å². The Balaban J connectivity index is 2.87. The molecule has 1 aromatic rings. The molecule has 0 bridgehead atoms. The van der Waals surface area contributed by atoms with Crippen LogP contribution in [-0.4, -0.2) is 15.2 Å². The fourth-order valence-corrected chi connectivity index (χ4v) is 1.38. The highest BCUT2D eigenvalue weighted by Gasteiger charge is 2.09. The van der Waals surface area contributed by atoms with Gasteiger partial charge in [0.05, 0.1) is 10.6 Å². The quantitative estimate of drug-likeness (QED) is 0.480. The fourth-order valence-electron chi connectivity index (χ4n) is 1.12. The number of alkyl halides is 1. The molecular weight excluding hydrogens is 260 g/mol. The van der Waals surface area contributed by atoms with Gasteiger partial charge in [0.15, 0.2) is 0 Å². The first-order valence-electron chi connectivity index (χ1n) is 4.48. The van der Waals surface area contributed by atoms with Gasteiger partial charge in [-0.25, -0.2) is 4.98 Å². The monoisotopic (exact) mass is 270 g/mol. The Bertz CT molecular complexity index is 391. The van der Waals surface area contributed by atoms with E-state index in [9.17, 15) is 10.1 Å². The molecule has 0 aliphatic carbocycles. The Kier molecular flexibility index (Phi) is 4.42. The maximum absolute atomic E-state index is 10.5. The summed E-state index contributed by atoms with van der Waals surface area (Å²) in [6, 6.07) is 1.71. The molecule has 0 spiro atoms. The van der Waals surface area contributed by atoms with Gasteiger partial charge in [-0.05, 0) is 25.5 Å². The van der Waals surface area contributed by atoms with Crippen LogP contribution in [0.1, 0.15) is 17.7 Å². The van der Waals surface area contributed by atoms with Crippen molar-refractivity contribution in [3.63, 3.8) is 0 Å². The van der Waals surface area contributed by atoms with Gasteiger partial charge >= 0.3 is 0 Å². The molecular formula is C10H11BrN2O2. The molecule has 80 valence electrons. The van der Waals surface area contributed by atoms with Crippen LogP contribution in [0.4, 0.5) is 5.69 Å². The summed E-state index contributed by atoms with van der Waals surface area (Å²) in [7, 11) is 0. The predicted octanol–water partition coefficient (Wildman–Crippen LogP) is 3.10. The van der Waals surface area contributed by atoms with Crippen molar-refractivity contribution in [2.24, 2.45) is 0 Å². The van der Waals surface area contributed by atoms with E-state index >= 15 is 0 Å². The second-order valence-corrected chi connectivity index (χ2v) is 3.83. The molecule has 0 aliphatic heterocycles. The lowest BCUT2D eigenvalue weighted by molar-refractivity contribution is -0.385. The summed E-state index contributed by atoms with van der Waals surface area (Å²) in [5.41, 5.74) is 1.44. The lowest BCUT2D eigenvalue weighted by atomic mass is 10.2. The highest BCUT2D eigenvalue weighted by Crippen LogP contribution is 2.17. The summed E-state index contributed by atoms with van der Waals surface area (Å²) >= 11 is 3.31. The maximum Gasteiger partial charge on any atom is 0.290 e. The Morgan fingerprint density at radius 3 is 2.93 bits per heavy atom. The second kappa shape index (κ2) is 5.60. The summed E-state index contributed by atoms with van der Waals surface area (Å²) in [4.78, 5) is 14.1. The summed E-state index contributed by atoms with van der Waals surface area (Å²) in [6.45, 7) is 1.71. The van der Waals surface area contributed by atoms with E-state index in [4.69, 9.17) is 0 Å². The van der Waals surface area contributed by atoms with E-state index in [2.05, 4.69) is 20.9 Å². The Morgan fingerprint density at radius 1 is 1.67 bits per heavy atom. The number of aryl methyl sites for hydroxylation is 1. The van der Waals surface area contributed by atoms with E-state index in [1.165, 1.54) is 6.20 Å². The third kappa shape index (κ3) is 3.43.